The molecule has 1 atom stereocenters. The smallest absolute Gasteiger partial charge is 1.00 e. The Bertz CT molecular complexity index is 257. The molecule has 0 aromatic heterocycles. The summed E-state index contributed by atoms with van der Waals surface area (Å²) in [6.45, 7) is 0. The largest absolute Gasteiger partial charge is 2.00 e. The van der Waals surface area contributed by atoms with Crippen molar-refractivity contribution in [2.45, 2.75) is 4.90 Å². The number of benzene rings is 1. The van der Waals surface area contributed by atoms with E-state index in [1.807, 2.05) is 0 Å². The monoisotopic (exact) mass is 202 g/mol. The molecule has 0 aliphatic heterocycles. The van der Waals surface area contributed by atoms with E-state index in [0.29, 0.717) is 9.92 Å². The molecule has 0 heterocycles. The van der Waals surface area contributed by atoms with Gasteiger partial charge in [-0.1, -0.05) is 11.6 Å². The van der Waals surface area contributed by atoms with Gasteiger partial charge in [-0.3, -0.25) is 0 Å². The van der Waals surface area contributed by atoms with E-state index in [-0.39, 0.29) is 25.9 Å². The zero-order valence-electron chi connectivity index (χ0n) is 7.66. The summed E-state index contributed by atoms with van der Waals surface area (Å²) in [4.78, 5) is 0.365. The van der Waals surface area contributed by atoms with Gasteiger partial charge in [0.25, 0.3) is 0 Å². The first kappa shape index (κ1) is 11.4. The van der Waals surface area contributed by atoms with Crippen LogP contribution >= 0.6 is 11.6 Å². The van der Waals surface area contributed by atoms with Crippen LogP contribution in [0.5, 0.6) is 0 Å². The maximum atomic E-state index is 10.4. The van der Waals surface area contributed by atoms with Crippen molar-refractivity contribution in [2.75, 3.05) is 0 Å². The van der Waals surface area contributed by atoms with Gasteiger partial charge in [-0.15, -0.1) is 0 Å². The molecule has 0 saturated carbocycles. The van der Waals surface area contributed by atoms with Gasteiger partial charge < -0.3 is 7.41 Å². The van der Waals surface area contributed by atoms with Crippen molar-refractivity contribution in [1.82, 2.24) is 0 Å². The molecule has 0 saturated heterocycles. The Morgan fingerprint density at radius 3 is 2.18 bits per heavy atom. The van der Waals surface area contributed by atoms with E-state index < -0.39 is 11.1 Å². The van der Waals surface area contributed by atoms with Crippen LogP contribution in [0.15, 0.2) is 29.2 Å². The van der Waals surface area contributed by atoms with Gasteiger partial charge in [-0.2, -0.15) is 0 Å². The fourth-order valence-electron chi connectivity index (χ4n) is 0.551. The van der Waals surface area contributed by atoms with Crippen LogP contribution in [0.1, 0.15) is 2.85 Å². The fourth-order valence-corrected chi connectivity index (χ4v) is 1.05. The van der Waals surface area contributed by atoms with Crippen LogP contribution in [-0.2, 0) is 11.1 Å². The molecule has 1 aromatic carbocycles. The number of halogens is 1. The average molecular weight is 203 g/mol. The summed E-state index contributed by atoms with van der Waals surface area (Å²) in [7, 11) is 0. The molecule has 1 rings (SSSR count). The Labute approximate surface area is 91.4 Å². The van der Waals surface area contributed by atoms with Gasteiger partial charge >= 0.3 is 23.1 Å². The van der Waals surface area contributed by atoms with E-state index in [1.54, 1.807) is 12.1 Å². The van der Waals surface area contributed by atoms with Gasteiger partial charge in [0.15, 0.2) is 11.1 Å². The summed E-state index contributed by atoms with van der Waals surface area (Å²) >= 11 is 3.64. The zero-order chi connectivity index (χ0) is 7.56. The third-order valence-corrected chi connectivity index (χ3v) is 1.94. The second-order valence-electron chi connectivity index (χ2n) is 1.70. The molecule has 1 aromatic rings. The summed E-state index contributed by atoms with van der Waals surface area (Å²) in [5.74, 6) is 0. The predicted molar refractivity (Wildman–Crippen MR) is 48.5 cm³/mol. The molecule has 1 unspecified atom stereocenters. The minimum Gasteiger partial charge on any atom is -1.00 e. The SMILES string of the molecule is O=S(O)c1ccc(Cl)cc1.[H-].[H-].[Mg+2]. The average Bonchev–Trinajstić information content (AvgIpc) is 1.88. The Hall–Kier alpha value is 0.386. The number of hydrogen-bond donors (Lipinski definition) is 1. The number of rotatable bonds is 1. The molecular weight excluding hydrogens is 196 g/mol. The molecule has 0 amide bonds. The molecule has 0 aliphatic carbocycles. The van der Waals surface area contributed by atoms with Crippen molar-refractivity contribution in [3.05, 3.63) is 29.3 Å². The van der Waals surface area contributed by atoms with Crippen LogP contribution in [0.25, 0.3) is 0 Å². The minimum atomic E-state index is -1.90. The van der Waals surface area contributed by atoms with Gasteiger partial charge in [-0.05, 0) is 24.3 Å². The molecular formula is C6H7ClMgO2S. The third kappa shape index (κ3) is 3.53. The first-order valence-electron chi connectivity index (χ1n) is 2.56. The standard InChI is InChI=1S/C6H5ClO2S.Mg.2H/c7-5-1-3-6(4-2-5)10(8)9;;;/h1-4H,(H,8,9);;;/q;+2;2*-1. The van der Waals surface area contributed by atoms with Crippen molar-refractivity contribution in [3.63, 3.8) is 0 Å². The van der Waals surface area contributed by atoms with Crippen LogP contribution in [0.4, 0.5) is 0 Å². The van der Waals surface area contributed by atoms with Crippen LogP contribution in [-0.4, -0.2) is 31.8 Å². The summed E-state index contributed by atoms with van der Waals surface area (Å²) in [5.41, 5.74) is 0. The van der Waals surface area contributed by atoms with E-state index in [4.69, 9.17) is 16.2 Å². The Kier molecular flexibility index (Phi) is 5.29. The van der Waals surface area contributed by atoms with Crippen molar-refractivity contribution in [2.24, 2.45) is 0 Å². The zero-order valence-corrected chi connectivity index (χ0v) is 8.64. The molecule has 0 aliphatic rings. The van der Waals surface area contributed by atoms with Crippen LogP contribution in [0.2, 0.25) is 5.02 Å². The van der Waals surface area contributed by atoms with E-state index >= 15 is 0 Å². The number of hydrogen-bond acceptors (Lipinski definition) is 1. The summed E-state index contributed by atoms with van der Waals surface area (Å²) in [5, 5.41) is 0.564. The van der Waals surface area contributed by atoms with Crippen LogP contribution < -0.4 is 0 Å². The molecule has 58 valence electrons. The molecule has 0 spiro atoms. The quantitative estimate of drug-likeness (QED) is 0.557. The minimum absolute atomic E-state index is 0. The normalized spacial score (nSPS) is 11.8. The molecule has 1 N–H and O–H groups in total. The molecule has 11 heavy (non-hydrogen) atoms. The van der Waals surface area contributed by atoms with E-state index in [0.717, 1.165) is 0 Å². The fraction of sp³-hybridized carbons (Fsp3) is 0. The van der Waals surface area contributed by atoms with Crippen LogP contribution in [0.3, 0.4) is 0 Å². The van der Waals surface area contributed by atoms with Gasteiger partial charge in [-0.25, -0.2) is 4.21 Å². The second kappa shape index (κ2) is 5.11. The summed E-state index contributed by atoms with van der Waals surface area (Å²) in [6.07, 6.45) is 0. The van der Waals surface area contributed by atoms with Crippen molar-refractivity contribution < 1.29 is 11.6 Å². The maximum absolute atomic E-state index is 10.4. The molecule has 2 nitrogen and oxygen atoms in total. The van der Waals surface area contributed by atoms with Gasteiger partial charge in [0.05, 0.1) is 4.90 Å². The molecule has 5 heteroatoms. The molecule has 0 fully saturated rings. The Balaban J connectivity index is -0.000000333. The third-order valence-electron chi connectivity index (χ3n) is 1.02. The Morgan fingerprint density at radius 1 is 1.36 bits per heavy atom. The van der Waals surface area contributed by atoms with Gasteiger partial charge in [0.2, 0.25) is 0 Å². The maximum Gasteiger partial charge on any atom is 2.00 e. The van der Waals surface area contributed by atoms with Gasteiger partial charge in [0.1, 0.15) is 0 Å². The first-order valence-corrected chi connectivity index (χ1v) is 4.05. The molecule has 0 radical (unpaired) electrons. The van der Waals surface area contributed by atoms with E-state index in [1.165, 1.54) is 12.1 Å². The van der Waals surface area contributed by atoms with E-state index in [2.05, 4.69) is 0 Å². The summed E-state index contributed by atoms with van der Waals surface area (Å²) < 4.78 is 18.9. The van der Waals surface area contributed by atoms with E-state index in [9.17, 15) is 4.21 Å². The topological polar surface area (TPSA) is 37.3 Å². The second-order valence-corrected chi connectivity index (χ2v) is 3.11. The summed E-state index contributed by atoms with van der Waals surface area (Å²) in [6, 6.07) is 6.17. The van der Waals surface area contributed by atoms with Crippen molar-refractivity contribution in [3.8, 4) is 0 Å². The van der Waals surface area contributed by atoms with Crippen molar-refractivity contribution in [1.29, 1.82) is 0 Å². The van der Waals surface area contributed by atoms with Crippen molar-refractivity contribution >= 4 is 45.7 Å². The molecule has 0 bridgehead atoms. The Morgan fingerprint density at radius 2 is 1.82 bits per heavy atom. The predicted octanol–water partition coefficient (Wildman–Crippen LogP) is 1.76. The first-order chi connectivity index (χ1) is 4.70. The van der Waals surface area contributed by atoms with Crippen LogP contribution in [0, 0.1) is 0 Å². The van der Waals surface area contributed by atoms with Gasteiger partial charge in [0, 0.05) is 5.02 Å².